The van der Waals surface area contributed by atoms with Crippen LogP contribution in [0, 0.1) is 11.7 Å². The molecule has 0 saturated carbocycles. The largest absolute Gasteiger partial charge is 0.469 e. The molecule has 2 rings (SSSR count). The van der Waals surface area contributed by atoms with Crippen LogP contribution >= 0.6 is 11.6 Å². The van der Waals surface area contributed by atoms with E-state index >= 15 is 0 Å². The Kier molecular flexibility index (Phi) is 4.60. The molecular weight excluding hydrogens is 285 g/mol. The summed E-state index contributed by atoms with van der Waals surface area (Å²) in [5.41, 5.74) is 0.745. The third-order valence-corrected chi connectivity index (χ3v) is 3.77. The predicted molar refractivity (Wildman–Crippen MR) is 73.3 cm³/mol. The SMILES string of the molecule is COC(=O)Cc1ccc(N2CC(CCl)CC2=O)cc1F. The molecule has 1 aliphatic rings. The molecule has 0 aromatic heterocycles. The molecule has 108 valence electrons. The van der Waals surface area contributed by atoms with Gasteiger partial charge in [0, 0.05) is 24.5 Å². The summed E-state index contributed by atoms with van der Waals surface area (Å²) >= 11 is 5.75. The van der Waals surface area contributed by atoms with Gasteiger partial charge in [-0.2, -0.15) is 0 Å². The Hall–Kier alpha value is -1.62. The molecule has 0 bridgehead atoms. The van der Waals surface area contributed by atoms with Crippen LogP contribution in [0.2, 0.25) is 0 Å². The molecular formula is C14H15ClFNO3. The van der Waals surface area contributed by atoms with Crippen LogP contribution in [0.1, 0.15) is 12.0 Å². The number of rotatable bonds is 4. The van der Waals surface area contributed by atoms with Crippen molar-refractivity contribution in [1.82, 2.24) is 0 Å². The standard InChI is InChI=1S/C14H15ClFNO3/c1-20-14(19)5-10-2-3-11(6-12(10)16)17-8-9(7-15)4-13(17)18/h2-3,6,9H,4-5,7-8H2,1H3. The Balaban J connectivity index is 2.17. The summed E-state index contributed by atoms with van der Waals surface area (Å²) in [7, 11) is 1.25. The van der Waals surface area contributed by atoms with Crippen molar-refractivity contribution >= 4 is 29.2 Å². The van der Waals surface area contributed by atoms with E-state index in [1.165, 1.54) is 24.1 Å². The van der Waals surface area contributed by atoms with Gasteiger partial charge < -0.3 is 9.64 Å². The Morgan fingerprint density at radius 2 is 2.30 bits per heavy atom. The highest BCUT2D eigenvalue weighted by Gasteiger charge is 2.30. The van der Waals surface area contributed by atoms with Crippen molar-refractivity contribution in [1.29, 1.82) is 0 Å². The van der Waals surface area contributed by atoms with Gasteiger partial charge in [0.15, 0.2) is 0 Å². The fourth-order valence-electron chi connectivity index (χ4n) is 2.21. The van der Waals surface area contributed by atoms with Gasteiger partial charge in [-0.1, -0.05) is 6.07 Å². The van der Waals surface area contributed by atoms with E-state index in [4.69, 9.17) is 11.6 Å². The first-order valence-corrected chi connectivity index (χ1v) is 6.80. The van der Waals surface area contributed by atoms with E-state index in [0.29, 0.717) is 24.5 Å². The number of anilines is 1. The molecule has 1 aromatic rings. The van der Waals surface area contributed by atoms with E-state index in [-0.39, 0.29) is 23.8 Å². The maximum Gasteiger partial charge on any atom is 0.310 e. The van der Waals surface area contributed by atoms with Gasteiger partial charge in [0.1, 0.15) is 5.82 Å². The number of halogens is 2. The van der Waals surface area contributed by atoms with Gasteiger partial charge >= 0.3 is 5.97 Å². The molecule has 0 N–H and O–H groups in total. The summed E-state index contributed by atoms with van der Waals surface area (Å²) in [5, 5.41) is 0. The smallest absolute Gasteiger partial charge is 0.310 e. The summed E-state index contributed by atoms with van der Waals surface area (Å²) in [5.74, 6) is -0.575. The zero-order valence-electron chi connectivity index (χ0n) is 11.1. The molecule has 0 spiro atoms. The molecule has 20 heavy (non-hydrogen) atoms. The molecule has 1 unspecified atom stereocenters. The lowest BCUT2D eigenvalue weighted by Gasteiger charge is -2.17. The van der Waals surface area contributed by atoms with E-state index < -0.39 is 11.8 Å². The van der Waals surface area contributed by atoms with Crippen molar-refractivity contribution in [3.05, 3.63) is 29.6 Å². The number of ether oxygens (including phenoxy) is 1. The number of carbonyl (C=O) groups is 2. The highest BCUT2D eigenvalue weighted by Crippen LogP contribution is 2.27. The Bertz CT molecular complexity index is 535. The Morgan fingerprint density at radius 1 is 1.55 bits per heavy atom. The number of amides is 1. The molecule has 6 heteroatoms. The number of nitrogens with zero attached hydrogens (tertiary/aromatic N) is 1. The molecule has 1 fully saturated rings. The van der Waals surface area contributed by atoms with Gasteiger partial charge in [0.25, 0.3) is 0 Å². The lowest BCUT2D eigenvalue weighted by Crippen LogP contribution is -2.24. The predicted octanol–water partition coefficient (Wildman–Crippen LogP) is 2.13. The molecule has 1 atom stereocenters. The summed E-state index contributed by atoms with van der Waals surface area (Å²) in [6, 6.07) is 4.41. The average molecular weight is 300 g/mol. The van der Waals surface area contributed by atoms with Gasteiger partial charge in [-0.05, 0) is 23.6 Å². The van der Waals surface area contributed by atoms with E-state index in [1.54, 1.807) is 6.07 Å². The van der Waals surface area contributed by atoms with E-state index in [2.05, 4.69) is 4.74 Å². The highest BCUT2D eigenvalue weighted by atomic mass is 35.5. The number of alkyl halides is 1. The van der Waals surface area contributed by atoms with E-state index in [0.717, 1.165) is 0 Å². The summed E-state index contributed by atoms with van der Waals surface area (Å²) < 4.78 is 18.4. The first-order chi connectivity index (χ1) is 9.55. The normalized spacial score (nSPS) is 18.4. The van der Waals surface area contributed by atoms with Crippen molar-refractivity contribution in [2.24, 2.45) is 5.92 Å². The quantitative estimate of drug-likeness (QED) is 0.632. The van der Waals surface area contributed by atoms with Crippen LogP contribution in [-0.4, -0.2) is 31.4 Å². The van der Waals surface area contributed by atoms with Crippen LogP contribution < -0.4 is 4.90 Å². The Labute approximate surface area is 121 Å². The van der Waals surface area contributed by atoms with Crippen LogP contribution in [-0.2, 0) is 20.7 Å². The maximum absolute atomic E-state index is 13.9. The minimum Gasteiger partial charge on any atom is -0.469 e. The van der Waals surface area contributed by atoms with Crippen molar-refractivity contribution in [2.45, 2.75) is 12.8 Å². The van der Waals surface area contributed by atoms with Gasteiger partial charge in [-0.25, -0.2) is 4.39 Å². The monoisotopic (exact) mass is 299 g/mol. The molecule has 4 nitrogen and oxygen atoms in total. The molecule has 1 amide bonds. The molecule has 0 aliphatic carbocycles. The van der Waals surface area contributed by atoms with Crippen molar-refractivity contribution in [3.8, 4) is 0 Å². The molecule has 1 aromatic carbocycles. The van der Waals surface area contributed by atoms with E-state index in [9.17, 15) is 14.0 Å². The van der Waals surface area contributed by atoms with Crippen LogP contribution in [0.25, 0.3) is 0 Å². The van der Waals surface area contributed by atoms with E-state index in [1.807, 2.05) is 0 Å². The lowest BCUT2D eigenvalue weighted by molar-refractivity contribution is -0.139. The van der Waals surface area contributed by atoms with Crippen LogP contribution in [0.5, 0.6) is 0 Å². The van der Waals surface area contributed by atoms with Crippen LogP contribution in [0.15, 0.2) is 18.2 Å². The number of benzene rings is 1. The fraction of sp³-hybridized carbons (Fsp3) is 0.429. The molecule has 0 radical (unpaired) electrons. The maximum atomic E-state index is 13.9. The summed E-state index contributed by atoms with van der Waals surface area (Å²) in [6.45, 7) is 0.498. The number of methoxy groups -OCH3 is 1. The van der Waals surface area contributed by atoms with Crippen LogP contribution in [0.4, 0.5) is 10.1 Å². The first-order valence-electron chi connectivity index (χ1n) is 6.26. The first kappa shape index (κ1) is 14.8. The van der Waals surface area contributed by atoms with Crippen LogP contribution in [0.3, 0.4) is 0 Å². The average Bonchev–Trinajstić information content (AvgIpc) is 2.82. The van der Waals surface area contributed by atoms with Gasteiger partial charge in [0.2, 0.25) is 5.91 Å². The van der Waals surface area contributed by atoms with Crippen molar-refractivity contribution in [2.75, 3.05) is 24.4 Å². The second-order valence-electron chi connectivity index (χ2n) is 4.76. The number of carbonyl (C=O) groups excluding carboxylic acids is 2. The highest BCUT2D eigenvalue weighted by molar-refractivity contribution is 6.18. The summed E-state index contributed by atoms with van der Waals surface area (Å²) in [4.78, 5) is 24.5. The van der Waals surface area contributed by atoms with Crippen molar-refractivity contribution in [3.63, 3.8) is 0 Å². The number of hydrogen-bond acceptors (Lipinski definition) is 3. The third kappa shape index (κ3) is 3.10. The third-order valence-electron chi connectivity index (χ3n) is 3.33. The van der Waals surface area contributed by atoms with Gasteiger partial charge in [0.05, 0.1) is 13.5 Å². The molecule has 1 heterocycles. The van der Waals surface area contributed by atoms with Crippen molar-refractivity contribution < 1.29 is 18.7 Å². The second-order valence-corrected chi connectivity index (χ2v) is 5.07. The van der Waals surface area contributed by atoms with Gasteiger partial charge in [-0.3, -0.25) is 9.59 Å². The number of esters is 1. The second kappa shape index (κ2) is 6.22. The minimum absolute atomic E-state index is 0.0595. The molecule has 1 aliphatic heterocycles. The molecule has 1 saturated heterocycles. The summed E-state index contributed by atoms with van der Waals surface area (Å²) in [6.07, 6.45) is 0.260. The topological polar surface area (TPSA) is 46.6 Å². The zero-order chi connectivity index (χ0) is 14.7. The minimum atomic E-state index is -0.518. The Morgan fingerprint density at radius 3 is 2.85 bits per heavy atom. The fourth-order valence-corrected chi connectivity index (χ4v) is 2.42. The number of hydrogen-bond donors (Lipinski definition) is 0. The van der Waals surface area contributed by atoms with Gasteiger partial charge in [-0.15, -0.1) is 11.6 Å². The lowest BCUT2D eigenvalue weighted by atomic mass is 10.1. The zero-order valence-corrected chi connectivity index (χ0v) is 11.8.